The number of ether oxygens (including phenoxy) is 2. The van der Waals surface area contributed by atoms with E-state index in [-0.39, 0.29) is 10.9 Å². The third kappa shape index (κ3) is 7.72. The molecule has 2 N–H and O–H groups in total. The molecule has 1 fully saturated rings. The average molecular weight is 394 g/mol. The van der Waals surface area contributed by atoms with Crippen molar-refractivity contribution in [3.63, 3.8) is 0 Å². The maximum absolute atomic E-state index is 5.93. The van der Waals surface area contributed by atoms with E-state index in [1.807, 2.05) is 24.9 Å². The lowest BCUT2D eigenvalue weighted by atomic mass is 9.99. The molecule has 1 unspecified atom stereocenters. The van der Waals surface area contributed by atoms with Crippen molar-refractivity contribution in [3.8, 4) is 0 Å². The monoisotopic (exact) mass is 393 g/mol. The predicted molar refractivity (Wildman–Crippen MR) is 116 cm³/mol. The van der Waals surface area contributed by atoms with E-state index in [4.69, 9.17) is 9.47 Å². The van der Waals surface area contributed by atoms with Gasteiger partial charge in [0.25, 0.3) is 0 Å². The van der Waals surface area contributed by atoms with Crippen LogP contribution in [-0.4, -0.2) is 56.4 Å². The van der Waals surface area contributed by atoms with Gasteiger partial charge in [0, 0.05) is 44.7 Å². The van der Waals surface area contributed by atoms with E-state index in [0.717, 1.165) is 63.9 Å². The van der Waals surface area contributed by atoms with Crippen molar-refractivity contribution < 1.29 is 9.47 Å². The van der Waals surface area contributed by atoms with Crippen molar-refractivity contribution in [1.29, 1.82) is 0 Å². The number of hydrogen-bond donors (Lipinski definition) is 2. The summed E-state index contributed by atoms with van der Waals surface area (Å²) >= 11 is 2.04. The maximum Gasteiger partial charge on any atom is 0.191 e. The van der Waals surface area contributed by atoms with Gasteiger partial charge in [-0.2, -0.15) is 11.8 Å². The standard InChI is InChI=1S/C21H35N3O2S/c1-4-27-21(11-15-25-16-12-21)17-24-20(22-3)23-13-8-14-26-18(2)19-9-6-5-7-10-19/h5-7,9-10,18H,4,8,11-17H2,1-3H3,(H2,22,23,24). The summed E-state index contributed by atoms with van der Waals surface area (Å²) < 4.78 is 11.7. The number of benzene rings is 1. The molecule has 0 bridgehead atoms. The minimum atomic E-state index is 0.128. The minimum absolute atomic E-state index is 0.128. The van der Waals surface area contributed by atoms with Gasteiger partial charge in [0.1, 0.15) is 0 Å². The number of aliphatic imine (C=N–C) groups is 1. The van der Waals surface area contributed by atoms with E-state index in [1.165, 1.54) is 5.56 Å². The van der Waals surface area contributed by atoms with E-state index in [9.17, 15) is 0 Å². The van der Waals surface area contributed by atoms with E-state index in [1.54, 1.807) is 0 Å². The van der Waals surface area contributed by atoms with Crippen LogP contribution < -0.4 is 10.6 Å². The second kappa shape index (κ2) is 12.3. The molecule has 0 aromatic heterocycles. The van der Waals surface area contributed by atoms with Gasteiger partial charge in [-0.1, -0.05) is 37.3 Å². The van der Waals surface area contributed by atoms with Crippen LogP contribution in [0.2, 0.25) is 0 Å². The number of guanidine groups is 1. The fourth-order valence-corrected chi connectivity index (χ4v) is 4.49. The Morgan fingerprint density at radius 1 is 1.26 bits per heavy atom. The summed E-state index contributed by atoms with van der Waals surface area (Å²) in [5.41, 5.74) is 1.22. The number of nitrogens with zero attached hydrogens (tertiary/aromatic N) is 1. The second-order valence-corrected chi connectivity index (χ2v) is 8.59. The Balaban J connectivity index is 1.65. The van der Waals surface area contributed by atoms with E-state index < -0.39 is 0 Å². The summed E-state index contributed by atoms with van der Waals surface area (Å²) in [5, 5.41) is 6.91. The van der Waals surface area contributed by atoms with Crippen molar-refractivity contribution in [3.05, 3.63) is 35.9 Å². The lowest BCUT2D eigenvalue weighted by Crippen LogP contribution is -2.48. The van der Waals surface area contributed by atoms with Gasteiger partial charge in [0.2, 0.25) is 0 Å². The molecule has 2 rings (SSSR count). The summed E-state index contributed by atoms with van der Waals surface area (Å²) in [6, 6.07) is 10.3. The first-order valence-electron chi connectivity index (χ1n) is 10.0. The molecule has 1 aromatic rings. The third-order valence-corrected chi connectivity index (χ3v) is 6.36. The zero-order valence-corrected chi connectivity index (χ0v) is 17.8. The Morgan fingerprint density at radius 3 is 2.67 bits per heavy atom. The first-order valence-corrected chi connectivity index (χ1v) is 11.0. The number of nitrogens with one attached hydrogen (secondary N) is 2. The topological polar surface area (TPSA) is 54.9 Å². The van der Waals surface area contributed by atoms with Crippen molar-refractivity contribution in [2.24, 2.45) is 4.99 Å². The second-order valence-electron chi connectivity index (χ2n) is 6.86. The first-order chi connectivity index (χ1) is 13.2. The van der Waals surface area contributed by atoms with Crippen LogP contribution in [0.5, 0.6) is 0 Å². The summed E-state index contributed by atoms with van der Waals surface area (Å²) in [5.74, 6) is 2.00. The maximum atomic E-state index is 5.93. The van der Waals surface area contributed by atoms with Crippen LogP contribution in [0.1, 0.15) is 44.8 Å². The Kier molecular flexibility index (Phi) is 10.0. The Labute approximate surface area is 168 Å². The molecule has 6 heteroatoms. The molecule has 1 aromatic carbocycles. The number of hydrogen-bond acceptors (Lipinski definition) is 4. The summed E-state index contributed by atoms with van der Waals surface area (Å²) in [4.78, 5) is 4.36. The molecule has 1 aliphatic heterocycles. The molecule has 0 saturated carbocycles. The lowest BCUT2D eigenvalue weighted by molar-refractivity contribution is 0.0646. The van der Waals surface area contributed by atoms with E-state index >= 15 is 0 Å². The SMILES string of the molecule is CCSC1(CNC(=NC)NCCCOC(C)c2ccccc2)CCOCC1. The Morgan fingerprint density at radius 2 is 2.00 bits per heavy atom. The normalized spacial score (nSPS) is 18.1. The molecule has 1 aliphatic rings. The van der Waals surface area contributed by atoms with Gasteiger partial charge in [-0.15, -0.1) is 0 Å². The molecule has 27 heavy (non-hydrogen) atoms. The Hall–Kier alpha value is -1.24. The predicted octanol–water partition coefficient (Wildman–Crippen LogP) is 3.62. The van der Waals surface area contributed by atoms with E-state index in [2.05, 4.69) is 53.7 Å². The largest absolute Gasteiger partial charge is 0.381 e. The highest BCUT2D eigenvalue weighted by molar-refractivity contribution is 8.00. The molecule has 0 aliphatic carbocycles. The van der Waals surface area contributed by atoms with Crippen LogP contribution in [0, 0.1) is 0 Å². The van der Waals surface area contributed by atoms with Crippen LogP contribution in [-0.2, 0) is 9.47 Å². The quantitative estimate of drug-likeness (QED) is 0.361. The fraction of sp³-hybridized carbons (Fsp3) is 0.667. The van der Waals surface area contributed by atoms with Crippen LogP contribution in [0.3, 0.4) is 0 Å². The van der Waals surface area contributed by atoms with Gasteiger partial charge in [-0.3, -0.25) is 4.99 Å². The van der Waals surface area contributed by atoms with Gasteiger partial charge in [0.05, 0.1) is 6.10 Å². The van der Waals surface area contributed by atoms with Crippen molar-refractivity contribution in [1.82, 2.24) is 10.6 Å². The highest BCUT2D eigenvalue weighted by Crippen LogP contribution is 2.34. The molecule has 1 atom stereocenters. The Bertz CT molecular complexity index is 542. The molecular weight excluding hydrogens is 358 g/mol. The van der Waals surface area contributed by atoms with Crippen molar-refractivity contribution in [2.75, 3.05) is 45.7 Å². The number of rotatable bonds is 10. The molecule has 0 spiro atoms. The zero-order chi connectivity index (χ0) is 19.4. The average Bonchev–Trinajstić information content (AvgIpc) is 2.71. The zero-order valence-electron chi connectivity index (χ0n) is 17.0. The van der Waals surface area contributed by atoms with Crippen LogP contribution in [0.25, 0.3) is 0 Å². The highest BCUT2D eigenvalue weighted by Gasteiger charge is 2.32. The molecular formula is C21H35N3O2S. The fourth-order valence-electron chi connectivity index (χ4n) is 3.25. The van der Waals surface area contributed by atoms with Gasteiger partial charge in [-0.25, -0.2) is 0 Å². The summed E-state index contributed by atoms with van der Waals surface area (Å²) in [6.45, 7) is 8.55. The third-order valence-electron chi connectivity index (χ3n) is 4.91. The number of thioether (sulfide) groups is 1. The van der Waals surface area contributed by atoms with Gasteiger partial charge < -0.3 is 20.1 Å². The smallest absolute Gasteiger partial charge is 0.191 e. The van der Waals surface area contributed by atoms with Gasteiger partial charge in [-0.05, 0) is 37.5 Å². The van der Waals surface area contributed by atoms with Crippen LogP contribution in [0.15, 0.2) is 35.3 Å². The molecule has 0 amide bonds. The van der Waals surface area contributed by atoms with Gasteiger partial charge >= 0.3 is 0 Å². The lowest BCUT2D eigenvalue weighted by Gasteiger charge is -2.37. The minimum Gasteiger partial charge on any atom is -0.381 e. The van der Waals surface area contributed by atoms with E-state index in [0.29, 0.717) is 0 Å². The highest BCUT2D eigenvalue weighted by atomic mass is 32.2. The molecule has 152 valence electrons. The van der Waals surface area contributed by atoms with Crippen molar-refractivity contribution >= 4 is 17.7 Å². The molecule has 5 nitrogen and oxygen atoms in total. The summed E-state index contributed by atoms with van der Waals surface area (Å²) in [6.07, 6.45) is 3.27. The molecule has 1 heterocycles. The van der Waals surface area contributed by atoms with Crippen LogP contribution >= 0.6 is 11.8 Å². The van der Waals surface area contributed by atoms with Crippen molar-refractivity contribution in [2.45, 2.75) is 44.0 Å². The first kappa shape index (κ1) is 22.1. The van der Waals surface area contributed by atoms with Gasteiger partial charge in [0.15, 0.2) is 5.96 Å². The van der Waals surface area contributed by atoms with Crippen LogP contribution in [0.4, 0.5) is 0 Å². The molecule has 0 radical (unpaired) electrons. The molecule has 1 saturated heterocycles. The summed E-state index contributed by atoms with van der Waals surface area (Å²) in [7, 11) is 1.83.